The summed E-state index contributed by atoms with van der Waals surface area (Å²) in [5.41, 5.74) is 6.54. The molecule has 0 aliphatic heterocycles. The Kier molecular flexibility index (Phi) is 5.39. The minimum atomic E-state index is -0.312. The number of hydrogen-bond acceptors (Lipinski definition) is 3. The molecule has 1 aromatic heterocycles. The summed E-state index contributed by atoms with van der Waals surface area (Å²) in [4.78, 5) is 12.3. The molecule has 0 spiro atoms. The van der Waals surface area contributed by atoms with E-state index in [9.17, 15) is 4.79 Å². The summed E-state index contributed by atoms with van der Waals surface area (Å²) >= 11 is 0. The predicted octanol–water partition coefficient (Wildman–Crippen LogP) is 3.17. The van der Waals surface area contributed by atoms with Crippen molar-refractivity contribution in [3.8, 4) is 0 Å². The molecule has 21 heavy (non-hydrogen) atoms. The Labute approximate surface area is 125 Å². The highest BCUT2D eigenvalue weighted by Crippen LogP contribution is 2.25. The van der Waals surface area contributed by atoms with Gasteiger partial charge in [0.2, 0.25) is 5.91 Å². The molecule has 0 saturated carbocycles. The summed E-state index contributed by atoms with van der Waals surface area (Å²) in [5.74, 6) is 0.355. The van der Waals surface area contributed by atoms with Crippen molar-refractivity contribution in [2.24, 2.45) is 5.73 Å². The van der Waals surface area contributed by atoms with E-state index >= 15 is 0 Å². The molecule has 4 nitrogen and oxygen atoms in total. The summed E-state index contributed by atoms with van der Waals surface area (Å²) in [5, 5.41) is 4.04. The minimum absolute atomic E-state index is 0.0272. The summed E-state index contributed by atoms with van der Waals surface area (Å²) in [6, 6.07) is 9.76. The topological polar surface area (TPSA) is 68.3 Å². The Hall–Kier alpha value is -1.81. The molecule has 0 saturated heterocycles. The van der Waals surface area contributed by atoms with E-state index in [1.165, 1.54) is 0 Å². The molecule has 1 amide bonds. The van der Waals surface area contributed by atoms with Crippen LogP contribution in [0.3, 0.4) is 0 Å². The first-order valence-electron chi connectivity index (χ1n) is 7.64. The van der Waals surface area contributed by atoms with E-state index in [0.29, 0.717) is 12.3 Å². The fourth-order valence-corrected chi connectivity index (χ4v) is 2.37. The van der Waals surface area contributed by atoms with Gasteiger partial charge in [0.25, 0.3) is 0 Å². The van der Waals surface area contributed by atoms with Gasteiger partial charge in [0.05, 0.1) is 5.92 Å². The fourth-order valence-electron chi connectivity index (χ4n) is 2.37. The van der Waals surface area contributed by atoms with Gasteiger partial charge >= 0.3 is 0 Å². The average molecular weight is 288 g/mol. The highest BCUT2D eigenvalue weighted by Gasteiger charge is 2.21. The fraction of sp³-hybridized carbons (Fsp3) is 0.471. The molecular formula is C17H24N2O2. The molecule has 114 valence electrons. The molecule has 1 aromatic carbocycles. The number of hydrogen-bond donors (Lipinski definition) is 2. The van der Waals surface area contributed by atoms with Gasteiger partial charge < -0.3 is 15.5 Å². The van der Waals surface area contributed by atoms with Crippen LogP contribution in [0.1, 0.15) is 44.8 Å². The van der Waals surface area contributed by atoms with Crippen LogP contribution >= 0.6 is 0 Å². The number of para-hydroxylation sites is 1. The molecule has 0 radical (unpaired) electrons. The lowest BCUT2D eigenvalue weighted by molar-refractivity contribution is -0.123. The standard InChI is InChI=1S/C17H24N2O2/c1-3-4-8-14(11-18)19-17(20)12(2)16-10-13-7-5-6-9-15(13)21-16/h5-7,9-10,12,14H,3-4,8,11,18H2,1-2H3,(H,19,20). The van der Waals surface area contributed by atoms with Crippen molar-refractivity contribution in [1.29, 1.82) is 0 Å². The van der Waals surface area contributed by atoms with Crippen molar-refractivity contribution in [3.05, 3.63) is 36.1 Å². The molecule has 1 heterocycles. The van der Waals surface area contributed by atoms with E-state index in [4.69, 9.17) is 10.2 Å². The second-order valence-electron chi connectivity index (χ2n) is 5.49. The lowest BCUT2D eigenvalue weighted by Crippen LogP contribution is -2.41. The van der Waals surface area contributed by atoms with Crippen molar-refractivity contribution in [2.45, 2.75) is 45.1 Å². The van der Waals surface area contributed by atoms with Crippen LogP contribution in [-0.4, -0.2) is 18.5 Å². The normalized spacial score (nSPS) is 14.0. The van der Waals surface area contributed by atoms with Gasteiger partial charge in [0.15, 0.2) is 0 Å². The third kappa shape index (κ3) is 3.85. The van der Waals surface area contributed by atoms with Crippen LogP contribution in [0.2, 0.25) is 0 Å². The number of rotatable bonds is 7. The lowest BCUT2D eigenvalue weighted by Gasteiger charge is -2.18. The first-order valence-corrected chi connectivity index (χ1v) is 7.64. The summed E-state index contributed by atoms with van der Waals surface area (Å²) in [7, 11) is 0. The van der Waals surface area contributed by atoms with Gasteiger partial charge in [-0.2, -0.15) is 0 Å². The SMILES string of the molecule is CCCCC(CN)NC(=O)C(C)c1cc2ccccc2o1. The van der Waals surface area contributed by atoms with E-state index < -0.39 is 0 Å². The number of furan rings is 1. The molecule has 2 aromatic rings. The Morgan fingerprint density at radius 1 is 1.38 bits per heavy atom. The van der Waals surface area contributed by atoms with Crippen molar-refractivity contribution in [3.63, 3.8) is 0 Å². The number of unbranched alkanes of at least 4 members (excludes halogenated alkanes) is 1. The molecule has 0 aliphatic carbocycles. The van der Waals surface area contributed by atoms with Crippen LogP contribution in [0.25, 0.3) is 11.0 Å². The Balaban J connectivity index is 2.04. The molecule has 2 atom stereocenters. The second-order valence-corrected chi connectivity index (χ2v) is 5.49. The number of amides is 1. The third-order valence-electron chi connectivity index (χ3n) is 3.80. The quantitative estimate of drug-likeness (QED) is 0.822. The van der Waals surface area contributed by atoms with Gasteiger partial charge in [0.1, 0.15) is 11.3 Å². The van der Waals surface area contributed by atoms with E-state index in [1.807, 2.05) is 37.3 Å². The van der Waals surface area contributed by atoms with E-state index in [2.05, 4.69) is 12.2 Å². The zero-order chi connectivity index (χ0) is 15.2. The van der Waals surface area contributed by atoms with Crippen LogP contribution in [0.5, 0.6) is 0 Å². The molecule has 0 bridgehead atoms. The maximum atomic E-state index is 12.3. The van der Waals surface area contributed by atoms with E-state index in [1.54, 1.807) is 0 Å². The summed E-state index contributed by atoms with van der Waals surface area (Å²) < 4.78 is 5.76. The van der Waals surface area contributed by atoms with E-state index in [-0.39, 0.29) is 17.9 Å². The Morgan fingerprint density at radius 2 is 2.14 bits per heavy atom. The van der Waals surface area contributed by atoms with Gasteiger partial charge in [-0.1, -0.05) is 38.0 Å². The number of nitrogens with one attached hydrogen (secondary N) is 1. The van der Waals surface area contributed by atoms with Gasteiger partial charge in [-0.25, -0.2) is 0 Å². The molecule has 0 aliphatic rings. The zero-order valence-electron chi connectivity index (χ0n) is 12.8. The second kappa shape index (κ2) is 7.27. The number of carbonyl (C=O) groups is 1. The van der Waals surface area contributed by atoms with Crippen molar-refractivity contribution in [1.82, 2.24) is 5.32 Å². The monoisotopic (exact) mass is 288 g/mol. The van der Waals surface area contributed by atoms with Crippen LogP contribution in [0.4, 0.5) is 0 Å². The molecule has 3 N–H and O–H groups in total. The average Bonchev–Trinajstić information content (AvgIpc) is 2.94. The van der Waals surface area contributed by atoms with Crippen molar-refractivity contribution >= 4 is 16.9 Å². The number of benzene rings is 1. The van der Waals surface area contributed by atoms with Crippen LogP contribution < -0.4 is 11.1 Å². The highest BCUT2D eigenvalue weighted by molar-refractivity contribution is 5.85. The van der Waals surface area contributed by atoms with E-state index in [0.717, 1.165) is 30.2 Å². The predicted molar refractivity (Wildman–Crippen MR) is 85.1 cm³/mol. The van der Waals surface area contributed by atoms with Crippen molar-refractivity contribution in [2.75, 3.05) is 6.54 Å². The van der Waals surface area contributed by atoms with Gasteiger partial charge in [0, 0.05) is 18.0 Å². The lowest BCUT2D eigenvalue weighted by atomic mass is 10.1. The first kappa shape index (κ1) is 15.6. The molecule has 2 unspecified atom stereocenters. The zero-order valence-corrected chi connectivity index (χ0v) is 12.8. The largest absolute Gasteiger partial charge is 0.460 e. The van der Waals surface area contributed by atoms with Crippen LogP contribution in [0, 0.1) is 0 Å². The van der Waals surface area contributed by atoms with Gasteiger partial charge in [-0.15, -0.1) is 0 Å². The first-order chi connectivity index (χ1) is 10.2. The van der Waals surface area contributed by atoms with Gasteiger partial charge in [-0.3, -0.25) is 4.79 Å². The molecular weight excluding hydrogens is 264 g/mol. The Morgan fingerprint density at radius 3 is 2.81 bits per heavy atom. The summed E-state index contributed by atoms with van der Waals surface area (Å²) in [6.07, 6.45) is 3.10. The molecule has 2 rings (SSSR count). The highest BCUT2D eigenvalue weighted by atomic mass is 16.3. The smallest absolute Gasteiger partial charge is 0.230 e. The Bertz CT molecular complexity index is 558. The van der Waals surface area contributed by atoms with Crippen LogP contribution in [0.15, 0.2) is 34.7 Å². The number of carbonyl (C=O) groups excluding carboxylic acids is 1. The molecule has 0 fully saturated rings. The van der Waals surface area contributed by atoms with Gasteiger partial charge in [-0.05, 0) is 25.5 Å². The van der Waals surface area contributed by atoms with Crippen LogP contribution in [-0.2, 0) is 4.79 Å². The third-order valence-corrected chi connectivity index (χ3v) is 3.80. The molecule has 4 heteroatoms. The number of fused-ring (bicyclic) bond motifs is 1. The summed E-state index contributed by atoms with van der Waals surface area (Å²) in [6.45, 7) is 4.46. The minimum Gasteiger partial charge on any atom is -0.460 e. The maximum absolute atomic E-state index is 12.3. The maximum Gasteiger partial charge on any atom is 0.230 e. The van der Waals surface area contributed by atoms with Crippen molar-refractivity contribution < 1.29 is 9.21 Å². The number of nitrogens with two attached hydrogens (primary N) is 1.